The van der Waals surface area contributed by atoms with Crippen molar-refractivity contribution in [2.45, 2.75) is 12.8 Å². The van der Waals surface area contributed by atoms with Gasteiger partial charge in [-0.25, -0.2) is 14.4 Å². The highest BCUT2D eigenvalue weighted by Gasteiger charge is 2.03. The van der Waals surface area contributed by atoms with Crippen LogP contribution in [0.3, 0.4) is 0 Å². The molecular weight excluding hydrogens is 684 g/mol. The van der Waals surface area contributed by atoms with Crippen molar-refractivity contribution in [3.05, 3.63) is 119 Å². The van der Waals surface area contributed by atoms with E-state index in [0.717, 1.165) is 23.8 Å². The van der Waals surface area contributed by atoms with Gasteiger partial charge in [0.15, 0.2) is 34.5 Å². The third-order valence-electron chi connectivity index (χ3n) is 6.02. The maximum atomic E-state index is 10.2. The average Bonchev–Trinajstić information content (AvgIpc) is 3.09. The van der Waals surface area contributed by atoms with E-state index in [-0.39, 0.29) is 40.9 Å². The molecule has 52 heavy (non-hydrogen) atoms. The van der Waals surface area contributed by atoms with E-state index in [2.05, 4.69) is 0 Å². The summed E-state index contributed by atoms with van der Waals surface area (Å²) in [5.74, 6) is -4.35. The number of aryl methyl sites for hydroxylation is 1. The standard InChI is InChI=1S/C10H10O4.C9H10O4.C9H8O4.C9H8O3/c1-14-9-6-7(2-4-8(9)11)3-5-10(12)13;2*10-7-3-1-6(5-8(7)11)2-4-9(12)13;10-8-4-1-7(2-5-8)3-6-9(11)12/h2-6,11H,1H3,(H,12,13);1,3,5,10-11H,2,4H2,(H,12,13);1-5,10-11H,(H,12,13);1-6,10H,(H,11,12)/b5-3+;;4-2+;6-3+. The monoisotopic (exact) mass is 720 g/mol. The molecule has 0 fully saturated rings. The SMILES string of the molecule is COc1cc(/C=C/C(=O)O)ccc1O.O=C(O)/C=C/c1ccc(O)c(O)c1.O=C(O)/C=C/c1ccc(O)cc1.O=C(O)CCc1ccc(O)c(O)c1. The molecule has 0 aliphatic rings. The number of hydrogen-bond donors (Lipinski definition) is 10. The van der Waals surface area contributed by atoms with E-state index in [1.54, 1.807) is 30.3 Å². The van der Waals surface area contributed by atoms with Crippen LogP contribution < -0.4 is 4.74 Å². The first kappa shape index (κ1) is 42.6. The minimum absolute atomic E-state index is 0.0181. The number of benzene rings is 4. The first-order chi connectivity index (χ1) is 24.5. The van der Waals surface area contributed by atoms with Gasteiger partial charge in [-0.1, -0.05) is 30.3 Å². The summed E-state index contributed by atoms with van der Waals surface area (Å²) in [5, 5.41) is 87.5. The smallest absolute Gasteiger partial charge is 0.328 e. The van der Waals surface area contributed by atoms with E-state index in [1.165, 1.54) is 73.9 Å². The van der Waals surface area contributed by atoms with Crippen LogP contribution in [0.25, 0.3) is 18.2 Å². The van der Waals surface area contributed by atoms with Crippen molar-refractivity contribution in [3.63, 3.8) is 0 Å². The number of rotatable bonds is 10. The van der Waals surface area contributed by atoms with E-state index < -0.39 is 23.9 Å². The Labute approximate surface area is 296 Å². The molecular formula is C37H36O15. The molecule has 0 spiro atoms. The fraction of sp³-hybridized carbons (Fsp3) is 0.0811. The number of aliphatic carboxylic acids is 4. The van der Waals surface area contributed by atoms with Crippen LogP contribution in [0.4, 0.5) is 0 Å². The molecule has 4 rings (SSSR count). The lowest BCUT2D eigenvalue weighted by molar-refractivity contribution is -0.137. The zero-order chi connectivity index (χ0) is 39.2. The Hall–Kier alpha value is -7.42. The van der Waals surface area contributed by atoms with E-state index >= 15 is 0 Å². The van der Waals surface area contributed by atoms with Crippen LogP contribution in [0.2, 0.25) is 0 Å². The zero-order valence-electron chi connectivity index (χ0n) is 27.4. The second-order valence-corrected chi connectivity index (χ2v) is 10.0. The minimum atomic E-state index is -1.06. The largest absolute Gasteiger partial charge is 0.508 e. The van der Waals surface area contributed by atoms with Crippen LogP contribution in [0, 0.1) is 0 Å². The third kappa shape index (κ3) is 18.2. The summed E-state index contributed by atoms with van der Waals surface area (Å²) >= 11 is 0. The minimum Gasteiger partial charge on any atom is -0.508 e. The van der Waals surface area contributed by atoms with Gasteiger partial charge < -0.3 is 55.8 Å². The Morgan fingerprint density at radius 1 is 0.519 bits per heavy atom. The number of aromatic hydroxyl groups is 6. The molecule has 274 valence electrons. The normalized spacial score (nSPS) is 10.2. The summed E-state index contributed by atoms with van der Waals surface area (Å²) in [5.41, 5.74) is 2.60. The maximum absolute atomic E-state index is 10.2. The molecule has 4 aromatic carbocycles. The van der Waals surface area contributed by atoms with Gasteiger partial charge in [0.1, 0.15) is 5.75 Å². The van der Waals surface area contributed by atoms with Crippen LogP contribution >= 0.6 is 0 Å². The van der Waals surface area contributed by atoms with Crippen molar-refractivity contribution in [1.82, 2.24) is 0 Å². The molecule has 0 saturated carbocycles. The van der Waals surface area contributed by atoms with Crippen molar-refractivity contribution in [2.75, 3.05) is 7.11 Å². The van der Waals surface area contributed by atoms with Crippen molar-refractivity contribution < 1.29 is 75.0 Å². The summed E-state index contributed by atoms with van der Waals surface area (Å²) in [6.45, 7) is 0. The van der Waals surface area contributed by atoms with Gasteiger partial charge in [-0.05, 0) is 95.4 Å². The fourth-order valence-electron chi connectivity index (χ4n) is 3.51. The van der Waals surface area contributed by atoms with Crippen LogP contribution in [-0.4, -0.2) is 82.1 Å². The number of phenolic OH excluding ortho intramolecular Hbond substituents is 6. The van der Waals surface area contributed by atoms with Crippen molar-refractivity contribution in [3.8, 4) is 40.2 Å². The molecule has 15 heteroatoms. The second kappa shape index (κ2) is 22.3. The average molecular weight is 721 g/mol. The Bertz CT molecular complexity index is 1890. The quantitative estimate of drug-likeness (QED) is 0.0735. The van der Waals surface area contributed by atoms with Crippen molar-refractivity contribution in [1.29, 1.82) is 0 Å². The second-order valence-electron chi connectivity index (χ2n) is 10.0. The zero-order valence-corrected chi connectivity index (χ0v) is 27.4. The number of carboxylic acid groups (broad SMARTS) is 4. The molecule has 0 radical (unpaired) electrons. The van der Waals surface area contributed by atoms with Crippen LogP contribution in [0.15, 0.2) is 97.1 Å². The van der Waals surface area contributed by atoms with Gasteiger partial charge >= 0.3 is 23.9 Å². The molecule has 0 unspecified atom stereocenters. The molecule has 0 aromatic heterocycles. The van der Waals surface area contributed by atoms with E-state index in [4.69, 9.17) is 50.7 Å². The van der Waals surface area contributed by atoms with Gasteiger partial charge in [0.25, 0.3) is 0 Å². The van der Waals surface area contributed by atoms with E-state index in [0.29, 0.717) is 28.9 Å². The first-order valence-electron chi connectivity index (χ1n) is 14.6. The highest BCUT2D eigenvalue weighted by Crippen LogP contribution is 2.27. The summed E-state index contributed by atoms with van der Waals surface area (Å²) < 4.78 is 4.86. The molecule has 0 aliphatic heterocycles. The predicted molar refractivity (Wildman–Crippen MR) is 188 cm³/mol. The van der Waals surface area contributed by atoms with Gasteiger partial charge in [0.05, 0.1) is 7.11 Å². The fourth-order valence-corrected chi connectivity index (χ4v) is 3.51. The van der Waals surface area contributed by atoms with E-state index in [9.17, 15) is 24.3 Å². The molecule has 0 bridgehead atoms. The van der Waals surface area contributed by atoms with Crippen molar-refractivity contribution >= 4 is 42.1 Å². The predicted octanol–water partition coefficient (Wildman–Crippen LogP) is 5.30. The number of carbonyl (C=O) groups is 4. The highest BCUT2D eigenvalue weighted by molar-refractivity contribution is 5.86. The topological polar surface area (TPSA) is 280 Å². The van der Waals surface area contributed by atoms with E-state index in [1.807, 2.05) is 0 Å². The van der Waals surface area contributed by atoms with Gasteiger partial charge in [0.2, 0.25) is 0 Å². The van der Waals surface area contributed by atoms with Gasteiger partial charge in [0, 0.05) is 24.6 Å². The van der Waals surface area contributed by atoms with Gasteiger partial charge in [-0.3, -0.25) is 4.79 Å². The van der Waals surface area contributed by atoms with Crippen molar-refractivity contribution in [2.24, 2.45) is 0 Å². The lowest BCUT2D eigenvalue weighted by Gasteiger charge is -2.03. The van der Waals surface area contributed by atoms with Gasteiger partial charge in [-0.2, -0.15) is 0 Å². The molecule has 15 nitrogen and oxygen atoms in total. The summed E-state index contributed by atoms with van der Waals surface area (Å²) in [4.78, 5) is 40.7. The molecule has 0 amide bonds. The Morgan fingerprint density at radius 3 is 1.38 bits per heavy atom. The van der Waals surface area contributed by atoms with Crippen LogP contribution in [0.1, 0.15) is 28.7 Å². The number of phenols is 6. The number of hydrogen-bond acceptors (Lipinski definition) is 11. The Morgan fingerprint density at radius 2 is 0.942 bits per heavy atom. The third-order valence-corrected chi connectivity index (χ3v) is 6.02. The first-order valence-corrected chi connectivity index (χ1v) is 14.6. The number of ether oxygens (including phenoxy) is 1. The lowest BCUT2D eigenvalue weighted by Crippen LogP contribution is -1.96. The molecule has 0 atom stereocenters. The lowest BCUT2D eigenvalue weighted by atomic mass is 10.1. The van der Waals surface area contributed by atoms with Crippen LogP contribution in [0.5, 0.6) is 40.2 Å². The number of carboxylic acids is 4. The number of methoxy groups -OCH3 is 1. The Kier molecular flexibility index (Phi) is 18.2. The summed E-state index contributed by atoms with van der Waals surface area (Å²) in [6.07, 6.45) is 7.59. The van der Waals surface area contributed by atoms with Crippen LogP contribution in [-0.2, 0) is 25.6 Å². The molecule has 0 aliphatic carbocycles. The molecule has 0 saturated heterocycles. The van der Waals surface area contributed by atoms with Gasteiger partial charge in [-0.15, -0.1) is 0 Å². The maximum Gasteiger partial charge on any atom is 0.328 e. The summed E-state index contributed by atoms with van der Waals surface area (Å²) in [7, 11) is 1.43. The Balaban J connectivity index is 0.000000347. The summed E-state index contributed by atoms with van der Waals surface area (Å²) in [6, 6.07) is 19.2. The molecule has 0 heterocycles. The highest BCUT2D eigenvalue weighted by atomic mass is 16.5. The molecule has 10 N–H and O–H groups in total. The molecule has 4 aromatic rings.